The van der Waals surface area contributed by atoms with Crippen LogP contribution in [-0.2, 0) is 14.3 Å². The molecule has 31 heavy (non-hydrogen) atoms. The number of ether oxygens (including phenoxy) is 1. The van der Waals surface area contributed by atoms with E-state index in [4.69, 9.17) is 4.74 Å². The van der Waals surface area contributed by atoms with Crippen LogP contribution < -0.4 is 4.90 Å². The van der Waals surface area contributed by atoms with Gasteiger partial charge >= 0.3 is 5.97 Å². The zero-order valence-electron chi connectivity index (χ0n) is 19.2. The first-order valence-corrected chi connectivity index (χ1v) is 12.1. The topological polar surface area (TPSA) is 66.9 Å². The van der Waals surface area contributed by atoms with E-state index in [1.807, 2.05) is 20.0 Å². The van der Waals surface area contributed by atoms with E-state index in [2.05, 4.69) is 13.0 Å². The number of nitrogens with zero attached hydrogens (tertiary/aromatic N) is 2. The Labute approximate surface area is 189 Å². The molecule has 0 spiro atoms. The Bertz CT molecular complexity index is 875. The summed E-state index contributed by atoms with van der Waals surface area (Å²) in [6.07, 6.45) is 9.20. The van der Waals surface area contributed by atoms with Gasteiger partial charge in [0, 0.05) is 37.9 Å². The van der Waals surface area contributed by atoms with Crippen LogP contribution in [0, 0.1) is 5.41 Å². The van der Waals surface area contributed by atoms with Gasteiger partial charge in [0.15, 0.2) is 0 Å². The van der Waals surface area contributed by atoms with Gasteiger partial charge in [-0.2, -0.15) is 0 Å². The number of amides is 2. The fraction of sp³-hybridized carbons (Fsp3) is 0.625. The van der Waals surface area contributed by atoms with Crippen LogP contribution in [0.2, 0.25) is 0 Å². The highest BCUT2D eigenvalue weighted by molar-refractivity contribution is 7.15. The maximum Gasteiger partial charge on any atom is 0.350 e. The second kappa shape index (κ2) is 9.98. The Kier molecular flexibility index (Phi) is 7.57. The van der Waals surface area contributed by atoms with Crippen molar-refractivity contribution in [3.05, 3.63) is 21.9 Å². The van der Waals surface area contributed by atoms with Crippen molar-refractivity contribution in [1.29, 1.82) is 0 Å². The molecule has 1 saturated heterocycles. The summed E-state index contributed by atoms with van der Waals surface area (Å²) in [5.74, 6) is -0.219. The van der Waals surface area contributed by atoms with E-state index >= 15 is 0 Å². The highest BCUT2D eigenvalue weighted by Crippen LogP contribution is 2.39. The second-order valence-corrected chi connectivity index (χ2v) is 10.1. The average Bonchev–Trinajstić information content (AvgIpc) is 3.31. The predicted molar refractivity (Wildman–Crippen MR) is 124 cm³/mol. The molecule has 6 nitrogen and oxygen atoms in total. The number of hydrogen-bond donors (Lipinski definition) is 0. The van der Waals surface area contributed by atoms with Gasteiger partial charge in [-0.15, -0.1) is 11.3 Å². The summed E-state index contributed by atoms with van der Waals surface area (Å²) >= 11 is 1.43. The molecule has 170 valence electrons. The van der Waals surface area contributed by atoms with Crippen LogP contribution in [0.1, 0.15) is 79.8 Å². The third-order valence-corrected chi connectivity index (χ3v) is 7.55. The summed E-state index contributed by atoms with van der Waals surface area (Å²) in [4.78, 5) is 42.5. The zero-order chi connectivity index (χ0) is 22.6. The second-order valence-electron chi connectivity index (χ2n) is 9.03. The van der Waals surface area contributed by atoms with E-state index < -0.39 is 5.97 Å². The minimum atomic E-state index is -0.397. The molecule has 0 saturated carbocycles. The molecule has 1 aliphatic carbocycles. The van der Waals surface area contributed by atoms with Crippen molar-refractivity contribution in [2.75, 3.05) is 32.1 Å². The number of rotatable bonds is 8. The maximum absolute atomic E-state index is 12.9. The first kappa shape index (κ1) is 23.5. The maximum atomic E-state index is 12.9. The lowest BCUT2D eigenvalue weighted by Gasteiger charge is -2.26. The molecule has 7 heteroatoms. The van der Waals surface area contributed by atoms with Gasteiger partial charge in [-0.25, -0.2) is 4.79 Å². The fourth-order valence-corrected chi connectivity index (χ4v) is 5.81. The van der Waals surface area contributed by atoms with Crippen molar-refractivity contribution in [1.82, 2.24) is 4.90 Å². The molecule has 2 amide bonds. The van der Waals surface area contributed by atoms with Gasteiger partial charge in [0.25, 0.3) is 0 Å². The van der Waals surface area contributed by atoms with Crippen LogP contribution in [0.5, 0.6) is 0 Å². The summed E-state index contributed by atoms with van der Waals surface area (Å²) < 4.78 is 5.04. The number of carbonyl (C=O) groups excluding carboxylic acids is 3. The van der Waals surface area contributed by atoms with E-state index in [1.54, 1.807) is 9.80 Å². The molecule has 1 aromatic rings. The van der Waals surface area contributed by atoms with Crippen LogP contribution in [0.4, 0.5) is 5.69 Å². The third kappa shape index (κ3) is 5.37. The van der Waals surface area contributed by atoms with Gasteiger partial charge in [-0.3, -0.25) is 9.59 Å². The molecule has 0 bridgehead atoms. The van der Waals surface area contributed by atoms with Crippen molar-refractivity contribution in [3.8, 4) is 0 Å². The number of carbonyl (C=O) groups is 3. The van der Waals surface area contributed by atoms with Crippen LogP contribution in [0.3, 0.4) is 0 Å². The molecular weight excluding hydrogens is 412 g/mol. The van der Waals surface area contributed by atoms with Gasteiger partial charge in [0.2, 0.25) is 11.8 Å². The van der Waals surface area contributed by atoms with Gasteiger partial charge in [-0.05, 0) is 55.6 Å². The van der Waals surface area contributed by atoms with Crippen LogP contribution in [-0.4, -0.2) is 49.9 Å². The van der Waals surface area contributed by atoms with E-state index in [9.17, 15) is 14.4 Å². The standard InChI is InChI=1S/C24H34N2O4S/c1-5-20(27)26(13-9-12-24(2)15-21(28)25(3)16-24)18-14-19(17-10-7-6-8-11-17)31-22(18)23(29)30-4/h10,14H,5-9,11-13,15-16H2,1-4H3. The van der Waals surface area contributed by atoms with Gasteiger partial charge in [-0.1, -0.05) is 19.9 Å². The summed E-state index contributed by atoms with van der Waals surface area (Å²) in [7, 11) is 3.22. The Morgan fingerprint density at radius 1 is 1.32 bits per heavy atom. The zero-order valence-corrected chi connectivity index (χ0v) is 20.0. The predicted octanol–water partition coefficient (Wildman–Crippen LogP) is 4.88. The van der Waals surface area contributed by atoms with Crippen molar-refractivity contribution in [2.45, 2.75) is 65.2 Å². The summed E-state index contributed by atoms with van der Waals surface area (Å²) in [6, 6.07) is 2.00. The molecule has 1 unspecified atom stereocenters. The lowest BCUT2D eigenvalue weighted by Crippen LogP contribution is -2.33. The molecule has 3 rings (SSSR count). The lowest BCUT2D eigenvalue weighted by molar-refractivity contribution is -0.126. The number of esters is 1. The smallest absolute Gasteiger partial charge is 0.350 e. The lowest BCUT2D eigenvalue weighted by atomic mass is 9.84. The number of allylic oxidation sites excluding steroid dienone is 2. The summed E-state index contributed by atoms with van der Waals surface area (Å²) in [6.45, 7) is 5.26. The minimum absolute atomic E-state index is 0.00287. The number of anilines is 1. The molecule has 1 fully saturated rings. The Balaban J connectivity index is 1.83. The van der Waals surface area contributed by atoms with E-state index in [0.717, 1.165) is 43.5 Å². The minimum Gasteiger partial charge on any atom is -0.465 e. The SMILES string of the molecule is CCC(=O)N(CCCC1(C)CC(=O)N(C)C1)c1cc(C2=CCCCC2)sc1C(=O)OC. The number of thiophene rings is 1. The quantitative estimate of drug-likeness (QED) is 0.534. The first-order valence-electron chi connectivity index (χ1n) is 11.2. The van der Waals surface area contributed by atoms with Gasteiger partial charge in [0.05, 0.1) is 12.8 Å². The molecular formula is C24H34N2O4S. The number of likely N-dealkylation sites (tertiary alicyclic amines) is 1. The van der Waals surface area contributed by atoms with Crippen molar-refractivity contribution < 1.29 is 19.1 Å². The van der Waals surface area contributed by atoms with Gasteiger partial charge in [0.1, 0.15) is 4.88 Å². The normalized spacial score (nSPS) is 21.2. The molecule has 2 aliphatic rings. The fourth-order valence-electron chi connectivity index (χ4n) is 4.66. The number of methoxy groups -OCH3 is 1. The highest BCUT2D eigenvalue weighted by Gasteiger charge is 2.37. The van der Waals surface area contributed by atoms with Crippen LogP contribution in [0.25, 0.3) is 5.57 Å². The highest BCUT2D eigenvalue weighted by atomic mass is 32.1. The monoisotopic (exact) mass is 446 g/mol. The largest absolute Gasteiger partial charge is 0.465 e. The first-order chi connectivity index (χ1) is 14.8. The summed E-state index contributed by atoms with van der Waals surface area (Å²) in [5, 5.41) is 0. The molecule has 1 aliphatic heterocycles. The molecule has 1 aromatic heterocycles. The molecule has 2 heterocycles. The number of hydrogen-bond acceptors (Lipinski definition) is 5. The van der Waals surface area contributed by atoms with E-state index in [0.29, 0.717) is 30.0 Å². The van der Waals surface area contributed by atoms with Crippen LogP contribution >= 0.6 is 11.3 Å². The van der Waals surface area contributed by atoms with Crippen LogP contribution in [0.15, 0.2) is 12.1 Å². The van der Waals surface area contributed by atoms with Crippen molar-refractivity contribution in [3.63, 3.8) is 0 Å². The van der Waals surface area contributed by atoms with E-state index in [-0.39, 0.29) is 17.2 Å². The average molecular weight is 447 g/mol. The molecule has 0 N–H and O–H groups in total. The van der Waals surface area contributed by atoms with Crippen molar-refractivity contribution in [2.24, 2.45) is 5.41 Å². The summed E-state index contributed by atoms with van der Waals surface area (Å²) in [5.41, 5.74) is 1.86. The van der Waals surface area contributed by atoms with E-state index in [1.165, 1.54) is 30.4 Å². The van der Waals surface area contributed by atoms with Gasteiger partial charge < -0.3 is 14.5 Å². The molecule has 0 radical (unpaired) electrons. The Hall–Kier alpha value is -2.15. The van der Waals surface area contributed by atoms with Crippen molar-refractivity contribution >= 4 is 40.4 Å². The molecule has 1 atom stereocenters. The third-order valence-electron chi connectivity index (χ3n) is 6.37. The Morgan fingerprint density at radius 2 is 2.10 bits per heavy atom. The molecule has 0 aromatic carbocycles. The Morgan fingerprint density at radius 3 is 2.68 bits per heavy atom.